The highest BCUT2D eigenvalue weighted by Crippen LogP contribution is 2.37. The van der Waals surface area contributed by atoms with Crippen LogP contribution in [0.2, 0.25) is 0 Å². The molecule has 1 fully saturated rings. The maximum Gasteiger partial charge on any atom is 0.101 e. The molecule has 1 saturated carbocycles. The van der Waals surface area contributed by atoms with Crippen LogP contribution in [0.5, 0.6) is 0 Å². The second-order valence-corrected chi connectivity index (χ2v) is 5.67. The second-order valence-electron chi connectivity index (χ2n) is 5.67. The minimum absolute atomic E-state index is 0.517. The summed E-state index contributed by atoms with van der Waals surface area (Å²) in [5.41, 5.74) is 2.77. The molecule has 4 rings (SSSR count). The van der Waals surface area contributed by atoms with Gasteiger partial charge in [0.1, 0.15) is 6.10 Å². The van der Waals surface area contributed by atoms with E-state index in [0.717, 1.165) is 22.3 Å². The Morgan fingerprint density at radius 1 is 1.19 bits per heavy atom. The van der Waals surface area contributed by atoms with E-state index >= 15 is 0 Å². The van der Waals surface area contributed by atoms with Crippen molar-refractivity contribution in [3.63, 3.8) is 0 Å². The van der Waals surface area contributed by atoms with E-state index in [0.29, 0.717) is 12.5 Å². The summed E-state index contributed by atoms with van der Waals surface area (Å²) in [6.07, 6.45) is 5.92. The smallest absolute Gasteiger partial charge is 0.101 e. The zero-order valence-corrected chi connectivity index (χ0v) is 11.7. The van der Waals surface area contributed by atoms with Crippen LogP contribution in [0.4, 0.5) is 0 Å². The summed E-state index contributed by atoms with van der Waals surface area (Å²) < 4.78 is 2.10. The lowest BCUT2D eigenvalue weighted by Crippen LogP contribution is -2.09. The van der Waals surface area contributed by atoms with Crippen LogP contribution < -0.4 is 0 Å². The van der Waals surface area contributed by atoms with Crippen molar-refractivity contribution in [2.24, 2.45) is 0 Å². The van der Waals surface area contributed by atoms with E-state index < -0.39 is 6.10 Å². The van der Waals surface area contributed by atoms with Crippen LogP contribution >= 0.6 is 0 Å². The summed E-state index contributed by atoms with van der Waals surface area (Å²) in [7, 11) is 0. The lowest BCUT2D eigenvalue weighted by Gasteiger charge is -2.13. The lowest BCUT2D eigenvalue weighted by molar-refractivity contribution is 0.167. The highest BCUT2D eigenvalue weighted by molar-refractivity contribution is 5.78. The van der Waals surface area contributed by atoms with E-state index in [4.69, 9.17) is 0 Å². The van der Waals surface area contributed by atoms with E-state index in [9.17, 15) is 5.11 Å². The normalized spacial score (nSPS) is 16.2. The Morgan fingerprint density at radius 2 is 2.05 bits per heavy atom. The number of hydrogen-bond acceptors (Lipinski definition) is 3. The summed E-state index contributed by atoms with van der Waals surface area (Å²) in [6.45, 7) is 0. The van der Waals surface area contributed by atoms with Crippen molar-refractivity contribution in [2.75, 3.05) is 0 Å². The Morgan fingerprint density at radius 3 is 2.90 bits per heavy atom. The third-order valence-electron chi connectivity index (χ3n) is 4.04. The molecule has 2 heterocycles. The van der Waals surface area contributed by atoms with Crippen LogP contribution in [-0.2, 0) is 6.42 Å². The first-order valence-electron chi connectivity index (χ1n) is 7.36. The van der Waals surface area contributed by atoms with Gasteiger partial charge in [0.25, 0.3) is 0 Å². The fraction of sp³-hybridized carbons (Fsp3) is 0.294. The molecule has 0 radical (unpaired) electrons. The maximum atomic E-state index is 10.5. The first-order valence-corrected chi connectivity index (χ1v) is 7.36. The molecule has 0 saturated heterocycles. The minimum atomic E-state index is -0.554. The number of fused-ring (bicyclic) bond motifs is 1. The van der Waals surface area contributed by atoms with E-state index in [1.54, 1.807) is 6.20 Å². The van der Waals surface area contributed by atoms with E-state index in [1.807, 2.05) is 36.7 Å². The quantitative estimate of drug-likeness (QED) is 0.798. The predicted molar refractivity (Wildman–Crippen MR) is 80.9 cm³/mol. The van der Waals surface area contributed by atoms with Gasteiger partial charge in [0.2, 0.25) is 0 Å². The molecule has 0 aliphatic heterocycles. The van der Waals surface area contributed by atoms with Gasteiger partial charge in [-0.25, -0.2) is 4.98 Å². The van der Waals surface area contributed by atoms with Gasteiger partial charge in [-0.05, 0) is 25.0 Å². The van der Waals surface area contributed by atoms with Gasteiger partial charge >= 0.3 is 0 Å². The minimum Gasteiger partial charge on any atom is -0.386 e. The van der Waals surface area contributed by atoms with Crippen molar-refractivity contribution in [3.05, 3.63) is 60.3 Å². The predicted octanol–water partition coefficient (Wildman–Crippen LogP) is 3.04. The van der Waals surface area contributed by atoms with Crippen molar-refractivity contribution in [1.82, 2.24) is 14.5 Å². The monoisotopic (exact) mass is 279 g/mol. The van der Waals surface area contributed by atoms with Gasteiger partial charge in [0.05, 0.1) is 23.7 Å². The van der Waals surface area contributed by atoms with Gasteiger partial charge < -0.3 is 9.67 Å². The van der Waals surface area contributed by atoms with Crippen LogP contribution in [-0.4, -0.2) is 19.6 Å². The Kier molecular flexibility index (Phi) is 2.97. The van der Waals surface area contributed by atoms with Gasteiger partial charge in [-0.3, -0.25) is 4.98 Å². The summed E-state index contributed by atoms with van der Waals surface area (Å²) in [5, 5.41) is 11.6. The van der Waals surface area contributed by atoms with Gasteiger partial charge in [0.15, 0.2) is 0 Å². The zero-order valence-electron chi connectivity index (χ0n) is 11.7. The number of aliphatic hydroxyl groups is 1. The first-order chi connectivity index (χ1) is 10.3. The molecule has 1 aliphatic rings. The van der Waals surface area contributed by atoms with Gasteiger partial charge in [-0.2, -0.15) is 0 Å². The standard InChI is InChI=1S/C17H17N3O/c21-17(16-10-18-11-20(16)14-7-8-14)9-13-6-5-12-3-1-2-4-15(12)19-13/h1-6,10-11,14,17,21H,7-9H2. The number of aliphatic hydroxyl groups excluding tert-OH is 1. The third kappa shape index (κ3) is 2.43. The van der Waals surface area contributed by atoms with E-state index in [2.05, 4.69) is 20.6 Å². The molecule has 1 aliphatic carbocycles. The van der Waals surface area contributed by atoms with Gasteiger partial charge in [0, 0.05) is 23.5 Å². The molecule has 4 heteroatoms. The molecular formula is C17H17N3O. The second kappa shape index (κ2) is 4.97. The highest BCUT2D eigenvalue weighted by Gasteiger charge is 2.27. The van der Waals surface area contributed by atoms with Crippen molar-refractivity contribution in [1.29, 1.82) is 0 Å². The maximum absolute atomic E-state index is 10.5. The first kappa shape index (κ1) is 12.5. The molecule has 1 aromatic carbocycles. The van der Waals surface area contributed by atoms with Crippen LogP contribution in [0.15, 0.2) is 48.9 Å². The molecule has 21 heavy (non-hydrogen) atoms. The average molecular weight is 279 g/mol. The third-order valence-corrected chi connectivity index (χ3v) is 4.04. The number of benzene rings is 1. The van der Waals surface area contributed by atoms with Crippen molar-refractivity contribution in [3.8, 4) is 0 Å². The van der Waals surface area contributed by atoms with Crippen molar-refractivity contribution < 1.29 is 5.11 Å². The fourth-order valence-corrected chi connectivity index (χ4v) is 2.76. The molecule has 0 spiro atoms. The Labute approximate surface area is 123 Å². The van der Waals surface area contributed by atoms with E-state index in [1.165, 1.54) is 12.8 Å². The number of hydrogen-bond donors (Lipinski definition) is 1. The lowest BCUT2D eigenvalue weighted by atomic mass is 10.1. The number of para-hydroxylation sites is 1. The van der Waals surface area contributed by atoms with Crippen LogP contribution in [0.3, 0.4) is 0 Å². The molecular weight excluding hydrogens is 262 g/mol. The SMILES string of the molecule is OC(Cc1ccc2ccccc2n1)c1cncn1C1CC1. The summed E-state index contributed by atoms with van der Waals surface area (Å²) in [6, 6.07) is 12.6. The summed E-state index contributed by atoms with van der Waals surface area (Å²) in [5.74, 6) is 0. The number of nitrogens with zero attached hydrogens (tertiary/aromatic N) is 3. The Bertz CT molecular complexity index is 776. The molecule has 0 amide bonds. The molecule has 1 unspecified atom stereocenters. The molecule has 4 nitrogen and oxygen atoms in total. The molecule has 3 aromatic rings. The van der Waals surface area contributed by atoms with Crippen LogP contribution in [0.25, 0.3) is 10.9 Å². The average Bonchev–Trinajstić information content (AvgIpc) is 3.24. The number of aromatic nitrogens is 3. The number of imidazole rings is 1. The van der Waals surface area contributed by atoms with E-state index in [-0.39, 0.29) is 0 Å². The highest BCUT2D eigenvalue weighted by atomic mass is 16.3. The Hall–Kier alpha value is -2.20. The Balaban J connectivity index is 1.59. The molecule has 0 bridgehead atoms. The topological polar surface area (TPSA) is 50.9 Å². The summed E-state index contributed by atoms with van der Waals surface area (Å²) >= 11 is 0. The summed E-state index contributed by atoms with van der Waals surface area (Å²) in [4.78, 5) is 8.80. The number of pyridine rings is 1. The molecule has 2 aromatic heterocycles. The van der Waals surface area contributed by atoms with Gasteiger partial charge in [-0.15, -0.1) is 0 Å². The molecule has 1 N–H and O–H groups in total. The zero-order chi connectivity index (χ0) is 14.2. The van der Waals surface area contributed by atoms with Crippen LogP contribution in [0, 0.1) is 0 Å². The molecule has 106 valence electrons. The molecule has 1 atom stereocenters. The van der Waals surface area contributed by atoms with Gasteiger partial charge in [-0.1, -0.05) is 24.3 Å². The fourth-order valence-electron chi connectivity index (χ4n) is 2.76. The van der Waals surface area contributed by atoms with Crippen molar-refractivity contribution >= 4 is 10.9 Å². The van der Waals surface area contributed by atoms with Crippen molar-refractivity contribution in [2.45, 2.75) is 31.4 Å². The largest absolute Gasteiger partial charge is 0.386 e. The number of rotatable bonds is 4. The van der Waals surface area contributed by atoms with Crippen LogP contribution in [0.1, 0.15) is 36.4 Å².